The van der Waals surface area contributed by atoms with E-state index in [1.165, 1.54) is 36.1 Å². The summed E-state index contributed by atoms with van der Waals surface area (Å²) in [7, 11) is 0. The summed E-state index contributed by atoms with van der Waals surface area (Å²) in [5.74, 6) is 2.80. The Morgan fingerprint density at radius 1 is 1.04 bits per heavy atom. The molecule has 2 aliphatic carbocycles. The van der Waals surface area contributed by atoms with Crippen LogP contribution in [0.5, 0.6) is 0 Å². The molecule has 0 saturated heterocycles. The van der Waals surface area contributed by atoms with Crippen molar-refractivity contribution in [1.29, 1.82) is 0 Å². The second-order valence-corrected chi connectivity index (χ2v) is 9.98. The normalized spacial score (nSPS) is 30.3. The molecule has 2 saturated carbocycles. The van der Waals surface area contributed by atoms with Crippen molar-refractivity contribution in [3.8, 4) is 0 Å². The van der Waals surface area contributed by atoms with Crippen LogP contribution in [0.2, 0.25) is 0 Å². The minimum Gasteiger partial charge on any atom is -0.378 e. The van der Waals surface area contributed by atoms with Crippen molar-refractivity contribution < 1.29 is 4.79 Å². The van der Waals surface area contributed by atoms with E-state index >= 15 is 0 Å². The molecule has 5 rings (SSSR count). The molecule has 28 heavy (non-hydrogen) atoms. The monoisotopic (exact) mass is 374 g/mol. The second kappa shape index (κ2) is 6.37. The topological polar surface area (TPSA) is 41.1 Å². The Morgan fingerprint density at radius 3 is 2.54 bits per heavy atom. The number of carbonyl (C=O) groups excluding carboxylic acids is 1. The number of rotatable bonds is 2. The fraction of sp³-hybridized carbons (Fsp3) is 0.480. The van der Waals surface area contributed by atoms with Crippen LogP contribution >= 0.6 is 0 Å². The fourth-order valence-electron chi connectivity index (χ4n) is 6.03. The SMILES string of the molecule is CC(C)(C)NC(=O)c1ccc2c(c1)[C@H]1[C@H]3CC[C@@H](C3)[C@@H]1[C@H](c1ccccc1)N2. The van der Waals surface area contributed by atoms with Crippen molar-refractivity contribution in [2.24, 2.45) is 17.8 Å². The standard InChI is InChI=1S/C25H30N2O/c1-25(2,3)27-24(28)18-11-12-20-19(14-18)21-16-9-10-17(13-16)22(21)23(26-20)15-7-5-4-6-8-15/h4-8,11-12,14,16-17,21-23,26H,9-10,13H2,1-3H3,(H,27,28)/t16-,17-,21+,22-,23-/m0/s1. The van der Waals surface area contributed by atoms with Crippen molar-refractivity contribution in [3.05, 3.63) is 65.2 Å². The Labute approximate surface area is 167 Å². The number of fused-ring (bicyclic) bond motifs is 7. The Morgan fingerprint density at radius 2 is 1.79 bits per heavy atom. The highest BCUT2D eigenvalue weighted by molar-refractivity contribution is 5.95. The third-order valence-electron chi connectivity index (χ3n) is 7.00. The highest BCUT2D eigenvalue weighted by Crippen LogP contribution is 2.63. The molecule has 3 aliphatic rings. The molecular weight excluding hydrogens is 344 g/mol. The number of carbonyl (C=O) groups is 1. The summed E-state index contributed by atoms with van der Waals surface area (Å²) in [6, 6.07) is 17.6. The van der Waals surface area contributed by atoms with Gasteiger partial charge in [-0.2, -0.15) is 0 Å². The summed E-state index contributed by atoms with van der Waals surface area (Å²) >= 11 is 0. The minimum absolute atomic E-state index is 0.0280. The van der Waals surface area contributed by atoms with Gasteiger partial charge >= 0.3 is 0 Å². The van der Waals surface area contributed by atoms with Crippen LogP contribution in [0.4, 0.5) is 5.69 Å². The Kier molecular flexibility index (Phi) is 4.04. The molecule has 2 fully saturated rings. The lowest BCUT2D eigenvalue weighted by Crippen LogP contribution is -2.41. The molecule has 0 aromatic heterocycles. The smallest absolute Gasteiger partial charge is 0.251 e. The van der Waals surface area contributed by atoms with Crippen LogP contribution < -0.4 is 10.6 Å². The molecule has 2 bridgehead atoms. The molecule has 3 heteroatoms. The van der Waals surface area contributed by atoms with Crippen LogP contribution in [-0.2, 0) is 0 Å². The van der Waals surface area contributed by atoms with Crippen molar-refractivity contribution in [2.45, 2.75) is 57.5 Å². The maximum Gasteiger partial charge on any atom is 0.251 e. The van der Waals surface area contributed by atoms with Gasteiger partial charge in [-0.3, -0.25) is 4.79 Å². The van der Waals surface area contributed by atoms with Crippen LogP contribution in [0.1, 0.15) is 73.5 Å². The maximum atomic E-state index is 12.8. The molecule has 2 N–H and O–H groups in total. The summed E-state index contributed by atoms with van der Waals surface area (Å²) in [5.41, 5.74) is 4.54. The van der Waals surface area contributed by atoms with Gasteiger partial charge in [0.05, 0.1) is 6.04 Å². The molecule has 2 aromatic carbocycles. The lowest BCUT2D eigenvalue weighted by atomic mass is 9.68. The van der Waals surface area contributed by atoms with Crippen LogP contribution in [0.3, 0.4) is 0 Å². The molecule has 1 aliphatic heterocycles. The molecule has 1 heterocycles. The quantitative estimate of drug-likeness (QED) is 0.727. The number of nitrogens with one attached hydrogen (secondary N) is 2. The van der Waals surface area contributed by atoms with E-state index in [0.717, 1.165) is 17.4 Å². The molecule has 2 aromatic rings. The first-order valence-electron chi connectivity index (χ1n) is 10.7. The van der Waals surface area contributed by atoms with Crippen LogP contribution in [-0.4, -0.2) is 11.4 Å². The van der Waals surface area contributed by atoms with Gasteiger partial charge < -0.3 is 10.6 Å². The number of hydrogen-bond acceptors (Lipinski definition) is 2. The summed E-state index contributed by atoms with van der Waals surface area (Å²) in [5, 5.41) is 6.96. The molecule has 0 radical (unpaired) electrons. The first-order chi connectivity index (χ1) is 13.4. The van der Waals surface area contributed by atoms with E-state index in [9.17, 15) is 4.79 Å². The van der Waals surface area contributed by atoms with E-state index in [1.54, 1.807) is 0 Å². The van der Waals surface area contributed by atoms with Gasteiger partial charge in [-0.15, -0.1) is 0 Å². The van der Waals surface area contributed by atoms with E-state index in [0.29, 0.717) is 17.9 Å². The summed E-state index contributed by atoms with van der Waals surface area (Å²) in [4.78, 5) is 12.8. The Hall–Kier alpha value is -2.29. The number of amides is 1. The predicted octanol–water partition coefficient (Wildman–Crippen LogP) is 5.51. The zero-order chi connectivity index (χ0) is 19.5. The lowest BCUT2D eigenvalue weighted by molar-refractivity contribution is 0.0919. The zero-order valence-corrected chi connectivity index (χ0v) is 17.0. The fourth-order valence-corrected chi connectivity index (χ4v) is 6.03. The number of hydrogen-bond donors (Lipinski definition) is 2. The van der Waals surface area contributed by atoms with Crippen molar-refractivity contribution in [1.82, 2.24) is 5.32 Å². The van der Waals surface area contributed by atoms with Crippen LogP contribution in [0, 0.1) is 17.8 Å². The Balaban J connectivity index is 1.54. The van der Waals surface area contributed by atoms with E-state index < -0.39 is 0 Å². The van der Waals surface area contributed by atoms with E-state index in [-0.39, 0.29) is 11.4 Å². The molecule has 1 amide bonds. The first-order valence-corrected chi connectivity index (χ1v) is 10.7. The third kappa shape index (κ3) is 2.92. The van der Waals surface area contributed by atoms with Crippen molar-refractivity contribution >= 4 is 11.6 Å². The van der Waals surface area contributed by atoms with Gasteiger partial charge in [-0.1, -0.05) is 30.3 Å². The molecule has 0 unspecified atom stereocenters. The van der Waals surface area contributed by atoms with E-state index in [4.69, 9.17) is 0 Å². The highest BCUT2D eigenvalue weighted by Gasteiger charge is 2.53. The molecule has 5 atom stereocenters. The zero-order valence-electron chi connectivity index (χ0n) is 17.0. The van der Waals surface area contributed by atoms with Gasteiger partial charge in [0, 0.05) is 16.8 Å². The maximum absolute atomic E-state index is 12.8. The summed E-state index contributed by atoms with van der Waals surface area (Å²) in [6.45, 7) is 6.09. The average Bonchev–Trinajstić information content (AvgIpc) is 3.29. The lowest BCUT2D eigenvalue weighted by Gasteiger charge is -2.43. The van der Waals surface area contributed by atoms with Crippen molar-refractivity contribution in [2.75, 3.05) is 5.32 Å². The molecular formula is C25H30N2O. The van der Waals surface area contributed by atoms with Crippen LogP contribution in [0.25, 0.3) is 0 Å². The minimum atomic E-state index is -0.224. The van der Waals surface area contributed by atoms with E-state index in [2.05, 4.69) is 53.1 Å². The van der Waals surface area contributed by atoms with Gasteiger partial charge in [-0.05, 0) is 93.0 Å². The summed E-state index contributed by atoms with van der Waals surface area (Å²) < 4.78 is 0. The van der Waals surface area contributed by atoms with Crippen LogP contribution in [0.15, 0.2) is 48.5 Å². The van der Waals surface area contributed by atoms with Gasteiger partial charge in [0.25, 0.3) is 5.91 Å². The van der Waals surface area contributed by atoms with Crippen molar-refractivity contribution in [3.63, 3.8) is 0 Å². The first kappa shape index (κ1) is 17.8. The molecule has 3 nitrogen and oxygen atoms in total. The summed E-state index contributed by atoms with van der Waals surface area (Å²) in [6.07, 6.45) is 4.04. The third-order valence-corrected chi connectivity index (χ3v) is 7.00. The highest BCUT2D eigenvalue weighted by atomic mass is 16.1. The predicted molar refractivity (Wildman–Crippen MR) is 114 cm³/mol. The number of anilines is 1. The largest absolute Gasteiger partial charge is 0.378 e. The van der Waals surface area contributed by atoms with Gasteiger partial charge in [0.2, 0.25) is 0 Å². The molecule has 0 spiro atoms. The average molecular weight is 375 g/mol. The van der Waals surface area contributed by atoms with Gasteiger partial charge in [0.1, 0.15) is 0 Å². The second-order valence-electron chi connectivity index (χ2n) is 9.98. The number of benzene rings is 2. The van der Waals surface area contributed by atoms with Gasteiger partial charge in [0.15, 0.2) is 0 Å². The van der Waals surface area contributed by atoms with Gasteiger partial charge in [-0.25, -0.2) is 0 Å². The van der Waals surface area contributed by atoms with E-state index in [1.807, 2.05) is 26.8 Å². The Bertz CT molecular complexity index is 899. The molecule has 146 valence electrons.